The molecule has 5 aromatic rings. The minimum Gasteiger partial charge on any atom is -0.594 e. The number of pyridine rings is 1. The molecular formula is C32H27AlN2O3. The number of hydrogen-bond donors (Lipinski definition) is 1. The maximum atomic E-state index is 10.9. The lowest BCUT2D eigenvalue weighted by atomic mass is 10.1. The summed E-state index contributed by atoms with van der Waals surface area (Å²) >= 11 is -2.72. The van der Waals surface area contributed by atoms with Crippen LogP contribution in [0, 0.1) is 6.92 Å². The third kappa shape index (κ3) is 4.72. The zero-order valence-corrected chi connectivity index (χ0v) is 22.4. The van der Waals surface area contributed by atoms with Crippen LogP contribution in [-0.2, 0) is 0 Å². The van der Waals surface area contributed by atoms with Crippen molar-refractivity contribution in [3.8, 4) is 28.4 Å². The molecule has 0 fully saturated rings. The van der Waals surface area contributed by atoms with E-state index >= 15 is 0 Å². The quantitative estimate of drug-likeness (QED) is 0.241. The van der Waals surface area contributed by atoms with Gasteiger partial charge in [0.1, 0.15) is 17.0 Å². The van der Waals surface area contributed by atoms with Crippen LogP contribution in [0.3, 0.4) is 0 Å². The molecule has 0 radical (unpaired) electrons. The fourth-order valence-electron chi connectivity index (χ4n) is 4.83. The SMILES string of the molecule is Cc1ccc2cccc([O][Al]([O]c3ccc(-c4ccccc4)cc3)[N]3c4c(O)cccc4C=CC3C)c2n1. The number of benzene rings is 4. The smallest absolute Gasteiger partial charge is 0.594 e. The van der Waals surface area contributed by atoms with Gasteiger partial charge in [-0.15, -0.1) is 0 Å². The number of anilines is 1. The second-order valence-corrected chi connectivity index (χ2v) is 11.1. The summed E-state index contributed by atoms with van der Waals surface area (Å²) in [5.74, 6) is 1.58. The number of phenolic OH excluding ortho intramolecular Hbond substituents is 1. The first-order chi connectivity index (χ1) is 18.6. The van der Waals surface area contributed by atoms with Crippen molar-refractivity contribution < 1.29 is 12.7 Å². The monoisotopic (exact) mass is 514 g/mol. The first-order valence-corrected chi connectivity index (χ1v) is 14.2. The first kappa shape index (κ1) is 24.1. The molecule has 5 nitrogen and oxygen atoms in total. The topological polar surface area (TPSA) is 54.8 Å². The van der Waals surface area contributed by atoms with E-state index in [1.54, 1.807) is 6.07 Å². The summed E-state index contributed by atoms with van der Waals surface area (Å²) in [5.41, 5.74) is 5.63. The molecule has 186 valence electrons. The minimum atomic E-state index is -2.72. The largest absolute Gasteiger partial charge is 1.04 e. The highest BCUT2D eigenvalue weighted by molar-refractivity contribution is 6.52. The Morgan fingerprint density at radius 3 is 2.37 bits per heavy atom. The van der Waals surface area contributed by atoms with Crippen molar-refractivity contribution in [3.63, 3.8) is 0 Å². The highest BCUT2D eigenvalue weighted by atomic mass is 27.2. The van der Waals surface area contributed by atoms with Crippen LogP contribution in [0.5, 0.6) is 17.2 Å². The highest BCUT2D eigenvalue weighted by Crippen LogP contribution is 2.38. The second kappa shape index (κ2) is 10.3. The zero-order chi connectivity index (χ0) is 26.1. The first-order valence-electron chi connectivity index (χ1n) is 12.7. The Morgan fingerprint density at radius 1 is 0.789 bits per heavy atom. The predicted octanol–water partition coefficient (Wildman–Crippen LogP) is 7.28. The number of aromatic hydroxyl groups is 1. The van der Waals surface area contributed by atoms with Crippen LogP contribution < -0.4 is 11.5 Å². The Hall–Kier alpha value is -4.24. The number of hydrogen-bond acceptors (Lipinski definition) is 5. The zero-order valence-electron chi connectivity index (χ0n) is 21.3. The van der Waals surface area contributed by atoms with Crippen molar-refractivity contribution >= 4 is 37.7 Å². The van der Waals surface area contributed by atoms with Crippen molar-refractivity contribution in [3.05, 3.63) is 120 Å². The van der Waals surface area contributed by atoms with Gasteiger partial charge in [-0.3, -0.25) is 0 Å². The van der Waals surface area contributed by atoms with Gasteiger partial charge in [0, 0.05) is 17.1 Å². The van der Waals surface area contributed by atoms with Crippen molar-refractivity contribution in [1.82, 2.24) is 4.98 Å². The Bertz CT molecular complexity index is 1620. The van der Waals surface area contributed by atoms with E-state index in [2.05, 4.69) is 47.2 Å². The predicted molar refractivity (Wildman–Crippen MR) is 154 cm³/mol. The van der Waals surface area contributed by atoms with Crippen molar-refractivity contribution in [2.75, 3.05) is 3.88 Å². The number of rotatable bonds is 6. The van der Waals surface area contributed by atoms with Gasteiger partial charge >= 0.3 is 15.0 Å². The third-order valence-corrected chi connectivity index (χ3v) is 8.89. The molecule has 0 amide bonds. The summed E-state index contributed by atoms with van der Waals surface area (Å²) in [6, 6.07) is 33.8. The summed E-state index contributed by atoms with van der Waals surface area (Å²) in [6.07, 6.45) is 4.15. The number of para-hydroxylation sites is 2. The molecule has 2 heterocycles. The molecule has 1 N–H and O–H groups in total. The van der Waals surface area contributed by atoms with Gasteiger partial charge in [-0.2, -0.15) is 0 Å². The summed E-state index contributed by atoms with van der Waals surface area (Å²) in [6.45, 7) is 4.06. The molecule has 0 saturated carbocycles. The molecule has 4 aromatic carbocycles. The van der Waals surface area contributed by atoms with Gasteiger partial charge < -0.3 is 16.6 Å². The highest BCUT2D eigenvalue weighted by Gasteiger charge is 2.49. The summed E-state index contributed by atoms with van der Waals surface area (Å²) in [4.78, 5) is 4.77. The molecular weight excluding hydrogens is 487 g/mol. The van der Waals surface area contributed by atoms with Crippen LogP contribution in [0.2, 0.25) is 0 Å². The molecule has 0 spiro atoms. The van der Waals surface area contributed by atoms with Crippen LogP contribution in [0.25, 0.3) is 28.1 Å². The maximum absolute atomic E-state index is 10.9. The van der Waals surface area contributed by atoms with E-state index in [0.29, 0.717) is 11.5 Å². The van der Waals surface area contributed by atoms with Crippen LogP contribution >= 0.6 is 0 Å². The van der Waals surface area contributed by atoms with Crippen LogP contribution in [-0.4, -0.2) is 31.2 Å². The lowest BCUT2D eigenvalue weighted by Gasteiger charge is -2.36. The fourth-order valence-corrected chi connectivity index (χ4v) is 6.88. The Labute approximate surface area is 227 Å². The Balaban J connectivity index is 1.41. The van der Waals surface area contributed by atoms with Gasteiger partial charge in [0.2, 0.25) is 0 Å². The van der Waals surface area contributed by atoms with Crippen molar-refractivity contribution in [2.24, 2.45) is 0 Å². The van der Waals surface area contributed by atoms with E-state index in [9.17, 15) is 5.11 Å². The number of aromatic nitrogens is 1. The summed E-state index contributed by atoms with van der Waals surface area (Å²) in [7, 11) is 0. The molecule has 1 aromatic heterocycles. The second-order valence-electron chi connectivity index (χ2n) is 9.44. The average Bonchev–Trinajstić information content (AvgIpc) is 2.94. The van der Waals surface area contributed by atoms with Crippen LogP contribution in [0.1, 0.15) is 18.2 Å². The van der Waals surface area contributed by atoms with E-state index < -0.39 is 15.0 Å². The molecule has 1 atom stereocenters. The van der Waals surface area contributed by atoms with E-state index in [1.165, 1.54) is 0 Å². The van der Waals surface area contributed by atoms with Gasteiger partial charge in [-0.25, -0.2) is 4.98 Å². The molecule has 6 rings (SSSR count). The van der Waals surface area contributed by atoms with E-state index in [1.807, 2.05) is 79.7 Å². The van der Waals surface area contributed by atoms with Gasteiger partial charge in [0.15, 0.2) is 0 Å². The fraction of sp³-hybridized carbons (Fsp3) is 0.0938. The van der Waals surface area contributed by atoms with E-state index in [0.717, 1.165) is 39.0 Å². The number of phenols is 1. The molecule has 1 unspecified atom stereocenters. The van der Waals surface area contributed by atoms with Gasteiger partial charge in [-0.05, 0) is 60.9 Å². The maximum Gasteiger partial charge on any atom is 1.04 e. The molecule has 0 aliphatic carbocycles. The lowest BCUT2D eigenvalue weighted by molar-refractivity contribution is 0.411. The van der Waals surface area contributed by atoms with E-state index in [4.69, 9.17) is 12.6 Å². The number of fused-ring (bicyclic) bond motifs is 2. The normalized spacial score (nSPS) is 14.3. The van der Waals surface area contributed by atoms with Gasteiger partial charge in [0.25, 0.3) is 0 Å². The molecule has 0 saturated heterocycles. The molecule has 38 heavy (non-hydrogen) atoms. The molecule has 0 bridgehead atoms. The van der Waals surface area contributed by atoms with Crippen molar-refractivity contribution in [1.29, 1.82) is 0 Å². The van der Waals surface area contributed by atoms with E-state index in [-0.39, 0.29) is 11.8 Å². The molecule has 1 aliphatic rings. The number of nitrogens with zero attached hydrogens (tertiary/aromatic N) is 2. The standard InChI is InChI=1S/C12H10O.C10H10NO.C10H9NO.Al/c13-12-8-6-11(7-9-12)10-4-2-1-3-5-10;2*1-7-5-6-8-3-2-4-9(12)10(8)11-7;/h1-9,13H;2-7,12H,1H3;2-6,12H,1H3;/q;-1;;+3/p-2. The van der Waals surface area contributed by atoms with Gasteiger partial charge in [-0.1, -0.05) is 84.9 Å². The minimum absolute atomic E-state index is 0.0410. The van der Waals surface area contributed by atoms with Gasteiger partial charge in [0.05, 0.1) is 11.4 Å². The summed E-state index contributed by atoms with van der Waals surface area (Å²) < 4.78 is 15.5. The van der Waals surface area contributed by atoms with Crippen LogP contribution in [0.15, 0.2) is 109 Å². The lowest BCUT2D eigenvalue weighted by Crippen LogP contribution is -2.54. The average molecular weight is 515 g/mol. The third-order valence-electron chi connectivity index (χ3n) is 6.77. The molecule has 1 aliphatic heterocycles. The Morgan fingerprint density at radius 2 is 1.55 bits per heavy atom. The molecule has 6 heteroatoms. The number of aryl methyl sites for hydroxylation is 1. The summed E-state index contributed by atoms with van der Waals surface area (Å²) in [5, 5.41) is 11.9. The Kier molecular flexibility index (Phi) is 6.51. The van der Waals surface area contributed by atoms with Crippen molar-refractivity contribution in [2.45, 2.75) is 19.9 Å². The van der Waals surface area contributed by atoms with Crippen LogP contribution in [0.4, 0.5) is 5.69 Å².